The van der Waals surface area contributed by atoms with Gasteiger partial charge in [0.2, 0.25) is 0 Å². The minimum Gasteiger partial charge on any atom is -0.497 e. The Hall–Kier alpha value is -2.75. The first kappa shape index (κ1) is 13.2. The number of pyridine rings is 1. The smallest absolute Gasteiger partial charge is 0.121 e. The molecule has 4 nitrogen and oxygen atoms in total. The zero-order valence-corrected chi connectivity index (χ0v) is 12.1. The van der Waals surface area contributed by atoms with Gasteiger partial charge in [0.25, 0.3) is 0 Å². The fraction of sp³-hybridized carbons (Fsp3) is 0.118. The van der Waals surface area contributed by atoms with Gasteiger partial charge in [-0.1, -0.05) is 18.2 Å². The monoisotopic (exact) mass is 279 g/mol. The van der Waals surface area contributed by atoms with Gasteiger partial charge in [0.1, 0.15) is 5.75 Å². The highest BCUT2D eigenvalue weighted by molar-refractivity contribution is 5.93. The van der Waals surface area contributed by atoms with Gasteiger partial charge in [-0.25, -0.2) is 0 Å². The van der Waals surface area contributed by atoms with Crippen LogP contribution in [-0.4, -0.2) is 12.1 Å². The Morgan fingerprint density at radius 3 is 2.67 bits per heavy atom. The molecule has 0 radical (unpaired) electrons. The fourth-order valence-electron chi connectivity index (χ4n) is 2.27. The number of nitrogen functional groups attached to an aromatic ring is 1. The van der Waals surface area contributed by atoms with Crippen LogP contribution < -0.4 is 15.8 Å². The first-order chi connectivity index (χ1) is 10.2. The number of methoxy groups -OCH3 is 1. The summed E-state index contributed by atoms with van der Waals surface area (Å²) in [6, 6.07) is 15.7. The van der Waals surface area contributed by atoms with Crippen molar-refractivity contribution in [3.8, 4) is 5.75 Å². The Labute approximate surface area is 123 Å². The third-order valence-corrected chi connectivity index (χ3v) is 3.39. The number of fused-ring (bicyclic) bond motifs is 1. The molecule has 0 spiro atoms. The van der Waals surface area contributed by atoms with Gasteiger partial charge in [-0.2, -0.15) is 0 Å². The minimum atomic E-state index is 0.638. The highest BCUT2D eigenvalue weighted by Gasteiger charge is 2.06. The maximum Gasteiger partial charge on any atom is 0.121 e. The molecule has 0 bridgehead atoms. The molecule has 0 atom stereocenters. The van der Waals surface area contributed by atoms with Crippen molar-refractivity contribution >= 4 is 28.0 Å². The van der Waals surface area contributed by atoms with Crippen molar-refractivity contribution in [2.24, 2.45) is 0 Å². The van der Waals surface area contributed by atoms with Crippen LogP contribution in [0.15, 0.2) is 48.5 Å². The number of ether oxygens (including phenoxy) is 1. The van der Waals surface area contributed by atoms with Crippen molar-refractivity contribution in [1.82, 2.24) is 4.98 Å². The predicted molar refractivity (Wildman–Crippen MR) is 87.2 cm³/mol. The molecule has 3 rings (SSSR count). The average Bonchev–Trinajstić information content (AvgIpc) is 2.49. The van der Waals surface area contributed by atoms with E-state index in [9.17, 15) is 0 Å². The maximum absolute atomic E-state index is 6.06. The van der Waals surface area contributed by atoms with Gasteiger partial charge in [0.05, 0.1) is 29.7 Å². The lowest BCUT2D eigenvalue weighted by Crippen LogP contribution is -1.98. The average molecular weight is 279 g/mol. The van der Waals surface area contributed by atoms with E-state index in [1.807, 2.05) is 43.3 Å². The lowest BCUT2D eigenvalue weighted by molar-refractivity contribution is 0.415. The molecule has 1 heterocycles. The van der Waals surface area contributed by atoms with Gasteiger partial charge in [-0.3, -0.25) is 4.98 Å². The summed E-state index contributed by atoms with van der Waals surface area (Å²) in [5, 5.41) is 4.45. The summed E-state index contributed by atoms with van der Waals surface area (Å²) in [6.07, 6.45) is 0. The van der Waals surface area contributed by atoms with Crippen LogP contribution in [0.3, 0.4) is 0 Å². The Balaban J connectivity index is 2.04. The third-order valence-electron chi connectivity index (χ3n) is 3.39. The number of rotatable bonds is 3. The van der Waals surface area contributed by atoms with Crippen molar-refractivity contribution in [2.45, 2.75) is 6.92 Å². The summed E-state index contributed by atoms with van der Waals surface area (Å²) < 4.78 is 5.17. The molecule has 21 heavy (non-hydrogen) atoms. The van der Waals surface area contributed by atoms with Crippen LogP contribution in [0, 0.1) is 6.92 Å². The molecule has 106 valence electrons. The Kier molecular flexibility index (Phi) is 3.36. The molecule has 1 aromatic heterocycles. The second-order valence-electron chi connectivity index (χ2n) is 4.91. The molecule has 0 saturated heterocycles. The van der Waals surface area contributed by atoms with E-state index in [-0.39, 0.29) is 0 Å². The van der Waals surface area contributed by atoms with Crippen molar-refractivity contribution in [3.05, 3.63) is 54.2 Å². The van der Waals surface area contributed by atoms with Crippen LogP contribution in [0.1, 0.15) is 5.69 Å². The Morgan fingerprint density at radius 2 is 1.90 bits per heavy atom. The minimum absolute atomic E-state index is 0.638. The van der Waals surface area contributed by atoms with E-state index in [2.05, 4.69) is 16.4 Å². The Bertz CT molecular complexity index is 799. The van der Waals surface area contributed by atoms with E-state index in [1.165, 1.54) is 0 Å². The fourth-order valence-corrected chi connectivity index (χ4v) is 2.27. The van der Waals surface area contributed by atoms with Crippen molar-refractivity contribution < 1.29 is 4.74 Å². The summed E-state index contributed by atoms with van der Waals surface area (Å²) in [7, 11) is 1.62. The predicted octanol–water partition coefficient (Wildman–Crippen LogP) is 3.88. The molecule has 4 heteroatoms. The van der Waals surface area contributed by atoms with E-state index < -0.39 is 0 Å². The summed E-state index contributed by atoms with van der Waals surface area (Å²) in [5.41, 5.74) is 10.4. The second-order valence-corrected chi connectivity index (χ2v) is 4.91. The number of hydrogen-bond donors (Lipinski definition) is 2. The molecular formula is C17H17N3O. The van der Waals surface area contributed by atoms with Gasteiger partial charge >= 0.3 is 0 Å². The zero-order valence-electron chi connectivity index (χ0n) is 12.1. The largest absolute Gasteiger partial charge is 0.497 e. The van der Waals surface area contributed by atoms with Gasteiger partial charge in [0.15, 0.2) is 0 Å². The van der Waals surface area contributed by atoms with Crippen molar-refractivity contribution in [2.75, 3.05) is 18.2 Å². The number of para-hydroxylation sites is 1. The second kappa shape index (κ2) is 5.32. The van der Waals surface area contributed by atoms with Gasteiger partial charge in [-0.15, -0.1) is 0 Å². The molecule has 0 fully saturated rings. The molecule has 3 N–H and O–H groups in total. The number of anilines is 3. The van der Waals surface area contributed by atoms with Gasteiger partial charge < -0.3 is 15.8 Å². The number of aromatic nitrogens is 1. The van der Waals surface area contributed by atoms with Gasteiger partial charge in [0, 0.05) is 17.1 Å². The lowest BCUT2D eigenvalue weighted by Gasteiger charge is -2.12. The quantitative estimate of drug-likeness (QED) is 0.714. The molecule has 0 aliphatic heterocycles. The number of benzene rings is 2. The number of hydrogen-bond acceptors (Lipinski definition) is 4. The molecule has 0 saturated carbocycles. The van der Waals surface area contributed by atoms with E-state index in [0.29, 0.717) is 5.69 Å². The van der Waals surface area contributed by atoms with Crippen LogP contribution in [0.25, 0.3) is 10.9 Å². The lowest BCUT2D eigenvalue weighted by atomic mass is 10.1. The summed E-state index contributed by atoms with van der Waals surface area (Å²) >= 11 is 0. The SMILES string of the molecule is COc1ccc(Nc2cccc3ccc(C)nc23)c(N)c1. The number of nitrogens with two attached hydrogens (primary N) is 1. The molecule has 0 unspecified atom stereocenters. The molecule has 0 aliphatic rings. The molecule has 0 amide bonds. The molecular weight excluding hydrogens is 262 g/mol. The Morgan fingerprint density at radius 1 is 1.05 bits per heavy atom. The third kappa shape index (κ3) is 2.60. The highest BCUT2D eigenvalue weighted by atomic mass is 16.5. The summed E-state index contributed by atoms with van der Waals surface area (Å²) in [4.78, 5) is 4.61. The molecule has 3 aromatic rings. The standard InChI is InChI=1S/C17H17N3O/c1-11-6-7-12-4-3-5-16(17(12)19-11)20-15-9-8-13(21-2)10-14(15)18/h3-10,20H,18H2,1-2H3. The maximum atomic E-state index is 6.06. The van der Waals surface area contributed by atoms with Crippen LogP contribution in [0.2, 0.25) is 0 Å². The molecule has 2 aromatic carbocycles. The van der Waals surface area contributed by atoms with Crippen LogP contribution in [-0.2, 0) is 0 Å². The van der Waals surface area contributed by atoms with Crippen LogP contribution >= 0.6 is 0 Å². The summed E-state index contributed by atoms with van der Waals surface area (Å²) in [6.45, 7) is 1.98. The van der Waals surface area contributed by atoms with E-state index in [0.717, 1.165) is 33.7 Å². The molecule has 0 aliphatic carbocycles. The topological polar surface area (TPSA) is 60.2 Å². The van der Waals surface area contributed by atoms with Gasteiger partial charge in [-0.05, 0) is 31.2 Å². The number of nitrogens with one attached hydrogen (secondary N) is 1. The first-order valence-electron chi connectivity index (χ1n) is 6.74. The van der Waals surface area contributed by atoms with Crippen molar-refractivity contribution in [3.63, 3.8) is 0 Å². The van der Waals surface area contributed by atoms with E-state index in [1.54, 1.807) is 13.2 Å². The summed E-state index contributed by atoms with van der Waals surface area (Å²) in [5.74, 6) is 0.741. The number of nitrogens with zero attached hydrogens (tertiary/aromatic N) is 1. The van der Waals surface area contributed by atoms with Crippen LogP contribution in [0.4, 0.5) is 17.1 Å². The first-order valence-corrected chi connectivity index (χ1v) is 6.74. The van der Waals surface area contributed by atoms with E-state index >= 15 is 0 Å². The van der Waals surface area contributed by atoms with Crippen LogP contribution in [0.5, 0.6) is 5.75 Å². The van der Waals surface area contributed by atoms with Crippen molar-refractivity contribution in [1.29, 1.82) is 0 Å². The van der Waals surface area contributed by atoms with E-state index in [4.69, 9.17) is 10.5 Å². The highest BCUT2D eigenvalue weighted by Crippen LogP contribution is 2.30. The number of aryl methyl sites for hydroxylation is 1. The normalized spacial score (nSPS) is 10.6. The zero-order chi connectivity index (χ0) is 14.8.